The average molecular weight is 414 g/mol. The van der Waals surface area contributed by atoms with Crippen LogP contribution in [0.15, 0.2) is 10.6 Å². The number of halogens is 4. The SMILES string of the molecule is CCS(=O)(=O)N(Cc1ncc(-c2nnc(C(F)F)o2)s1)C1CC(F)(F)C1. The lowest BCUT2D eigenvalue weighted by molar-refractivity contribution is -0.110. The molecule has 0 radical (unpaired) electrons. The molecule has 2 heterocycles. The highest BCUT2D eigenvalue weighted by Gasteiger charge is 2.50. The molecule has 0 atom stereocenters. The maximum absolute atomic E-state index is 13.1. The molecular formula is C13H14F4N4O3S2. The molecule has 0 unspecified atom stereocenters. The second-order valence-electron chi connectivity index (χ2n) is 5.73. The van der Waals surface area contributed by atoms with Crippen LogP contribution in [0.3, 0.4) is 0 Å². The van der Waals surface area contributed by atoms with Gasteiger partial charge in [0.25, 0.3) is 17.7 Å². The van der Waals surface area contributed by atoms with Gasteiger partial charge in [-0.15, -0.1) is 21.5 Å². The van der Waals surface area contributed by atoms with Gasteiger partial charge in [0.2, 0.25) is 10.0 Å². The molecule has 1 saturated carbocycles. The van der Waals surface area contributed by atoms with Crippen molar-refractivity contribution in [2.45, 2.75) is 44.7 Å². The minimum Gasteiger partial charge on any atom is -0.414 e. The van der Waals surface area contributed by atoms with E-state index in [9.17, 15) is 26.0 Å². The number of hydrogen-bond acceptors (Lipinski definition) is 7. The van der Waals surface area contributed by atoms with E-state index in [1.54, 1.807) is 0 Å². The minimum absolute atomic E-state index is 0.163. The first-order valence-corrected chi connectivity index (χ1v) is 9.98. The smallest absolute Gasteiger partial charge is 0.314 e. The number of aromatic nitrogens is 3. The summed E-state index contributed by atoms with van der Waals surface area (Å²) in [6.07, 6.45) is -2.69. The van der Waals surface area contributed by atoms with Gasteiger partial charge >= 0.3 is 6.43 Å². The number of sulfonamides is 1. The van der Waals surface area contributed by atoms with Crippen LogP contribution >= 0.6 is 11.3 Å². The Morgan fingerprint density at radius 3 is 2.62 bits per heavy atom. The molecule has 7 nitrogen and oxygen atoms in total. The largest absolute Gasteiger partial charge is 0.414 e. The van der Waals surface area contributed by atoms with Crippen LogP contribution in [0, 0.1) is 0 Å². The van der Waals surface area contributed by atoms with Crippen molar-refractivity contribution in [1.29, 1.82) is 0 Å². The third kappa shape index (κ3) is 3.88. The summed E-state index contributed by atoms with van der Waals surface area (Å²) >= 11 is 0.972. The number of rotatable bonds is 7. The maximum Gasteiger partial charge on any atom is 0.314 e. The number of nitrogens with zero attached hydrogens (tertiary/aromatic N) is 4. The summed E-state index contributed by atoms with van der Waals surface area (Å²) in [6.45, 7) is 1.24. The molecular weight excluding hydrogens is 400 g/mol. The van der Waals surface area contributed by atoms with Crippen molar-refractivity contribution < 1.29 is 30.4 Å². The zero-order valence-corrected chi connectivity index (χ0v) is 15.0. The normalized spacial score (nSPS) is 17.8. The van der Waals surface area contributed by atoms with Gasteiger partial charge in [-0.2, -0.15) is 13.1 Å². The van der Waals surface area contributed by atoms with Crippen molar-refractivity contribution >= 4 is 21.4 Å². The number of thiazole rings is 1. The van der Waals surface area contributed by atoms with Crippen LogP contribution in [-0.2, 0) is 16.6 Å². The Morgan fingerprint density at radius 1 is 1.38 bits per heavy atom. The summed E-state index contributed by atoms with van der Waals surface area (Å²) in [4.78, 5) is 4.31. The van der Waals surface area contributed by atoms with E-state index < -0.39 is 47.1 Å². The van der Waals surface area contributed by atoms with Crippen LogP contribution in [0.25, 0.3) is 10.8 Å². The molecule has 0 bridgehead atoms. The van der Waals surface area contributed by atoms with Crippen LogP contribution < -0.4 is 0 Å². The van der Waals surface area contributed by atoms with Crippen molar-refractivity contribution in [3.63, 3.8) is 0 Å². The van der Waals surface area contributed by atoms with Crippen LogP contribution in [0.4, 0.5) is 17.6 Å². The summed E-state index contributed by atoms with van der Waals surface area (Å²) in [6, 6.07) is -0.795. The fourth-order valence-corrected chi connectivity index (χ4v) is 4.67. The molecule has 0 saturated heterocycles. The molecule has 3 rings (SSSR count). The highest BCUT2D eigenvalue weighted by Crippen LogP contribution is 2.42. The second kappa shape index (κ2) is 6.85. The Morgan fingerprint density at radius 2 is 2.08 bits per heavy atom. The predicted molar refractivity (Wildman–Crippen MR) is 83.3 cm³/mol. The van der Waals surface area contributed by atoms with Gasteiger partial charge in [0, 0.05) is 18.9 Å². The van der Waals surface area contributed by atoms with E-state index in [4.69, 9.17) is 4.42 Å². The minimum atomic E-state index is -3.72. The fraction of sp³-hybridized carbons (Fsp3) is 0.615. The van der Waals surface area contributed by atoms with Crippen molar-refractivity contribution in [3.8, 4) is 10.8 Å². The quantitative estimate of drug-likeness (QED) is 0.647. The summed E-state index contributed by atoms with van der Waals surface area (Å²) in [5, 5.41) is 7.00. The molecule has 1 aliphatic rings. The van der Waals surface area contributed by atoms with Gasteiger partial charge in [-0.05, 0) is 6.92 Å². The predicted octanol–water partition coefficient (Wildman–Crippen LogP) is 3.08. The Balaban J connectivity index is 1.78. The molecule has 1 aliphatic carbocycles. The monoisotopic (exact) mass is 414 g/mol. The molecule has 1 fully saturated rings. The molecule has 0 aromatic carbocycles. The molecule has 0 amide bonds. The Labute approximate surface area is 150 Å². The van der Waals surface area contributed by atoms with Crippen LogP contribution in [-0.4, -0.2) is 45.6 Å². The first-order valence-electron chi connectivity index (χ1n) is 7.55. The third-order valence-electron chi connectivity index (χ3n) is 3.88. The van der Waals surface area contributed by atoms with E-state index in [2.05, 4.69) is 15.2 Å². The topological polar surface area (TPSA) is 89.2 Å². The zero-order valence-electron chi connectivity index (χ0n) is 13.4. The summed E-state index contributed by atoms with van der Waals surface area (Å²) in [5.41, 5.74) is 0. The van der Waals surface area contributed by atoms with Crippen LogP contribution in [0.5, 0.6) is 0 Å². The molecule has 0 aliphatic heterocycles. The van der Waals surface area contributed by atoms with Gasteiger partial charge in [-0.25, -0.2) is 22.2 Å². The molecule has 0 spiro atoms. The summed E-state index contributed by atoms with van der Waals surface area (Å²) in [5.74, 6) is -4.09. The fourth-order valence-electron chi connectivity index (χ4n) is 2.49. The van der Waals surface area contributed by atoms with Crippen molar-refractivity contribution in [2.75, 3.05) is 5.75 Å². The van der Waals surface area contributed by atoms with E-state index in [0.29, 0.717) is 5.01 Å². The van der Waals surface area contributed by atoms with E-state index >= 15 is 0 Å². The molecule has 2 aromatic heterocycles. The van der Waals surface area contributed by atoms with Crippen molar-refractivity contribution in [1.82, 2.24) is 19.5 Å². The first-order chi connectivity index (χ1) is 12.1. The Kier molecular flexibility index (Phi) is 5.05. The van der Waals surface area contributed by atoms with Gasteiger partial charge in [0.1, 0.15) is 9.88 Å². The van der Waals surface area contributed by atoms with E-state index in [0.717, 1.165) is 15.6 Å². The van der Waals surface area contributed by atoms with Gasteiger partial charge in [-0.3, -0.25) is 0 Å². The van der Waals surface area contributed by atoms with Gasteiger partial charge in [0.05, 0.1) is 18.5 Å². The van der Waals surface area contributed by atoms with Crippen LogP contribution in [0.2, 0.25) is 0 Å². The Hall–Kier alpha value is -1.60. The number of hydrogen-bond donors (Lipinski definition) is 0. The van der Waals surface area contributed by atoms with E-state index in [1.165, 1.54) is 13.1 Å². The molecule has 0 N–H and O–H groups in total. The maximum atomic E-state index is 13.1. The van der Waals surface area contributed by atoms with Crippen molar-refractivity contribution in [3.05, 3.63) is 17.1 Å². The lowest BCUT2D eigenvalue weighted by Gasteiger charge is -2.41. The molecule has 13 heteroatoms. The van der Waals surface area contributed by atoms with Gasteiger partial charge in [0.15, 0.2) is 0 Å². The number of alkyl halides is 4. The van der Waals surface area contributed by atoms with E-state index in [1.807, 2.05) is 0 Å². The molecule has 26 heavy (non-hydrogen) atoms. The summed E-state index contributed by atoms with van der Waals surface area (Å²) in [7, 11) is -3.72. The lowest BCUT2D eigenvalue weighted by Crippen LogP contribution is -2.52. The van der Waals surface area contributed by atoms with Gasteiger partial charge in [-0.1, -0.05) is 0 Å². The first kappa shape index (κ1) is 19.2. The zero-order chi connectivity index (χ0) is 19.1. The van der Waals surface area contributed by atoms with E-state index in [-0.39, 0.29) is 23.1 Å². The molecule has 144 valence electrons. The standard InChI is InChI=1S/C13H14F4N4O3S2/c1-2-26(22,23)21(7-3-13(16,17)4-7)6-9-18-5-8(25-9)11-19-20-12(24-11)10(14)15/h5,7,10H,2-4,6H2,1H3. The highest BCUT2D eigenvalue weighted by molar-refractivity contribution is 7.89. The van der Waals surface area contributed by atoms with Crippen LogP contribution in [0.1, 0.15) is 37.1 Å². The van der Waals surface area contributed by atoms with Gasteiger partial charge < -0.3 is 4.42 Å². The third-order valence-corrected chi connectivity index (χ3v) is 6.72. The average Bonchev–Trinajstić information content (AvgIpc) is 3.19. The molecule has 2 aromatic rings. The van der Waals surface area contributed by atoms with Crippen molar-refractivity contribution in [2.24, 2.45) is 0 Å². The second-order valence-corrected chi connectivity index (χ2v) is 9.05. The highest BCUT2D eigenvalue weighted by atomic mass is 32.2. The summed E-state index contributed by atoms with van der Waals surface area (Å²) < 4.78 is 81.6. The Bertz CT molecular complexity index is 876. The lowest BCUT2D eigenvalue weighted by atomic mass is 9.88.